The summed E-state index contributed by atoms with van der Waals surface area (Å²) in [5, 5.41) is 2.83. The fourth-order valence-electron chi connectivity index (χ4n) is 2.32. The Labute approximate surface area is 154 Å². The van der Waals surface area contributed by atoms with Crippen LogP contribution in [0.4, 0.5) is 11.6 Å². The maximum absolute atomic E-state index is 12.4. The lowest BCUT2D eigenvalue weighted by atomic mass is 10.2. The first-order valence-corrected chi connectivity index (χ1v) is 8.56. The van der Waals surface area contributed by atoms with Crippen molar-refractivity contribution in [3.05, 3.63) is 82.6 Å². The maximum atomic E-state index is 12.4. The number of aromatic nitrogens is 2. The highest BCUT2D eigenvalue weighted by molar-refractivity contribution is 9.10. The second-order valence-corrected chi connectivity index (χ2v) is 6.46. The van der Waals surface area contributed by atoms with Crippen LogP contribution in [-0.2, 0) is 6.54 Å². The van der Waals surface area contributed by atoms with E-state index in [1.165, 1.54) is 0 Å². The van der Waals surface area contributed by atoms with Crippen molar-refractivity contribution in [1.82, 2.24) is 9.97 Å². The number of amides is 1. The van der Waals surface area contributed by atoms with E-state index in [4.69, 9.17) is 0 Å². The zero-order valence-corrected chi connectivity index (χ0v) is 15.3. The minimum absolute atomic E-state index is 0.265. The molecule has 6 heteroatoms. The van der Waals surface area contributed by atoms with E-state index in [1.54, 1.807) is 12.3 Å². The third kappa shape index (κ3) is 4.64. The summed E-state index contributed by atoms with van der Waals surface area (Å²) in [6, 6.07) is 19.0. The Hall–Kier alpha value is -2.73. The predicted molar refractivity (Wildman–Crippen MR) is 103 cm³/mol. The van der Waals surface area contributed by atoms with E-state index in [0.29, 0.717) is 23.9 Å². The molecule has 3 aromatic rings. The van der Waals surface area contributed by atoms with Gasteiger partial charge < -0.3 is 10.2 Å². The van der Waals surface area contributed by atoms with Gasteiger partial charge in [-0.1, -0.05) is 46.3 Å². The van der Waals surface area contributed by atoms with Crippen molar-refractivity contribution >= 4 is 33.5 Å². The van der Waals surface area contributed by atoms with Crippen LogP contribution in [0.1, 0.15) is 16.1 Å². The number of carbonyl (C=O) groups excluding carboxylic acids is 1. The van der Waals surface area contributed by atoms with Gasteiger partial charge in [-0.05, 0) is 35.9 Å². The Balaban J connectivity index is 1.72. The van der Waals surface area contributed by atoms with Crippen LogP contribution in [0.3, 0.4) is 0 Å². The van der Waals surface area contributed by atoms with Crippen molar-refractivity contribution in [1.29, 1.82) is 0 Å². The molecule has 0 saturated carbocycles. The second-order valence-electron chi connectivity index (χ2n) is 5.54. The number of carbonyl (C=O) groups is 1. The molecule has 1 N–H and O–H groups in total. The van der Waals surface area contributed by atoms with Crippen LogP contribution < -0.4 is 10.2 Å². The van der Waals surface area contributed by atoms with Crippen LogP contribution in [-0.4, -0.2) is 22.9 Å². The topological polar surface area (TPSA) is 58.1 Å². The number of nitrogens with one attached hydrogen (secondary N) is 1. The molecule has 0 bridgehead atoms. The number of anilines is 2. The molecule has 0 aliphatic rings. The summed E-state index contributed by atoms with van der Waals surface area (Å²) < 4.78 is 0.956. The highest BCUT2D eigenvalue weighted by Crippen LogP contribution is 2.15. The second kappa shape index (κ2) is 7.90. The molecule has 0 aliphatic heterocycles. The number of nitrogens with zero attached hydrogens (tertiary/aromatic N) is 3. The average molecular weight is 397 g/mol. The minimum atomic E-state index is -0.265. The van der Waals surface area contributed by atoms with Crippen molar-refractivity contribution in [2.24, 2.45) is 0 Å². The summed E-state index contributed by atoms with van der Waals surface area (Å²) in [5.41, 5.74) is 2.19. The predicted octanol–water partition coefficient (Wildman–Crippen LogP) is 4.13. The summed E-state index contributed by atoms with van der Waals surface area (Å²) in [7, 11) is 1.90. The summed E-state index contributed by atoms with van der Waals surface area (Å²) in [4.78, 5) is 23.0. The lowest BCUT2D eigenvalue weighted by Gasteiger charge is -2.17. The SMILES string of the molecule is CN(Cc1ccccc1)c1nccc(C(=O)Nc2ccc(Br)cc2)n1. The molecular formula is C19H17BrN4O. The summed E-state index contributed by atoms with van der Waals surface area (Å²) >= 11 is 3.37. The van der Waals surface area contributed by atoms with Crippen molar-refractivity contribution in [3.8, 4) is 0 Å². The van der Waals surface area contributed by atoms with E-state index in [2.05, 4.69) is 31.2 Å². The summed E-state index contributed by atoms with van der Waals surface area (Å²) in [5.74, 6) is 0.242. The fourth-order valence-corrected chi connectivity index (χ4v) is 2.58. The summed E-state index contributed by atoms with van der Waals surface area (Å²) in [6.07, 6.45) is 1.60. The van der Waals surface area contributed by atoms with Gasteiger partial charge in [-0.2, -0.15) is 0 Å². The van der Waals surface area contributed by atoms with E-state index < -0.39 is 0 Å². The standard InChI is InChI=1S/C19H17BrN4O/c1-24(13-14-5-3-2-4-6-14)19-21-12-11-17(23-19)18(25)22-16-9-7-15(20)8-10-16/h2-12H,13H2,1H3,(H,22,25). The number of hydrogen-bond acceptors (Lipinski definition) is 4. The third-order valence-corrected chi connectivity index (χ3v) is 4.11. The average Bonchev–Trinajstić information content (AvgIpc) is 2.64. The van der Waals surface area contributed by atoms with Gasteiger partial charge in [0, 0.05) is 29.9 Å². The van der Waals surface area contributed by atoms with Crippen molar-refractivity contribution in [2.45, 2.75) is 6.54 Å². The lowest BCUT2D eigenvalue weighted by Crippen LogP contribution is -2.21. The molecule has 0 fully saturated rings. The molecule has 2 aromatic carbocycles. The van der Waals surface area contributed by atoms with Gasteiger partial charge in [0.05, 0.1) is 0 Å². The molecule has 25 heavy (non-hydrogen) atoms. The molecule has 1 aromatic heterocycles. The van der Waals surface area contributed by atoms with E-state index >= 15 is 0 Å². The van der Waals surface area contributed by atoms with Gasteiger partial charge in [-0.3, -0.25) is 4.79 Å². The third-order valence-electron chi connectivity index (χ3n) is 3.58. The zero-order chi connectivity index (χ0) is 17.6. The zero-order valence-electron chi connectivity index (χ0n) is 13.7. The molecule has 3 rings (SSSR count). The van der Waals surface area contributed by atoms with Crippen LogP contribution in [0.2, 0.25) is 0 Å². The number of rotatable bonds is 5. The first kappa shape index (κ1) is 17.1. The van der Waals surface area contributed by atoms with E-state index in [-0.39, 0.29) is 5.91 Å². The highest BCUT2D eigenvalue weighted by Gasteiger charge is 2.12. The molecule has 1 heterocycles. The Kier molecular flexibility index (Phi) is 5.40. The Bertz CT molecular complexity index is 853. The van der Waals surface area contributed by atoms with Gasteiger partial charge >= 0.3 is 0 Å². The van der Waals surface area contributed by atoms with Crippen molar-refractivity contribution < 1.29 is 4.79 Å². The van der Waals surface area contributed by atoms with Crippen molar-refractivity contribution in [2.75, 3.05) is 17.3 Å². The van der Waals surface area contributed by atoms with Gasteiger partial charge in [0.2, 0.25) is 5.95 Å². The van der Waals surface area contributed by atoms with Crippen LogP contribution in [0, 0.1) is 0 Å². The number of benzene rings is 2. The molecule has 0 saturated heterocycles. The lowest BCUT2D eigenvalue weighted by molar-refractivity contribution is 0.102. The quantitative estimate of drug-likeness (QED) is 0.704. The van der Waals surface area contributed by atoms with Gasteiger partial charge in [-0.25, -0.2) is 9.97 Å². The molecular weight excluding hydrogens is 380 g/mol. The van der Waals surface area contributed by atoms with Crippen molar-refractivity contribution in [3.63, 3.8) is 0 Å². The van der Waals surface area contributed by atoms with Gasteiger partial charge in [0.1, 0.15) is 5.69 Å². The molecule has 0 unspecified atom stereocenters. The van der Waals surface area contributed by atoms with Crippen LogP contribution in [0.5, 0.6) is 0 Å². The highest BCUT2D eigenvalue weighted by atomic mass is 79.9. The summed E-state index contributed by atoms with van der Waals surface area (Å²) in [6.45, 7) is 0.665. The monoisotopic (exact) mass is 396 g/mol. The fraction of sp³-hybridized carbons (Fsp3) is 0.105. The van der Waals surface area contributed by atoms with Gasteiger partial charge in [-0.15, -0.1) is 0 Å². The Morgan fingerprint density at radius 3 is 2.52 bits per heavy atom. The molecule has 126 valence electrons. The molecule has 0 spiro atoms. The van der Waals surface area contributed by atoms with E-state index in [0.717, 1.165) is 10.0 Å². The maximum Gasteiger partial charge on any atom is 0.274 e. The molecule has 0 aliphatic carbocycles. The Morgan fingerprint density at radius 2 is 1.80 bits per heavy atom. The first-order valence-electron chi connectivity index (χ1n) is 7.77. The molecule has 5 nitrogen and oxygen atoms in total. The molecule has 1 amide bonds. The number of halogens is 1. The molecule has 0 radical (unpaired) electrons. The molecule has 0 atom stereocenters. The van der Waals surface area contributed by atoms with Gasteiger partial charge in [0.25, 0.3) is 5.91 Å². The van der Waals surface area contributed by atoms with Crippen LogP contribution >= 0.6 is 15.9 Å². The normalized spacial score (nSPS) is 10.3. The largest absolute Gasteiger partial charge is 0.340 e. The van der Waals surface area contributed by atoms with Gasteiger partial charge in [0.15, 0.2) is 0 Å². The van der Waals surface area contributed by atoms with E-state index in [9.17, 15) is 4.79 Å². The smallest absolute Gasteiger partial charge is 0.274 e. The van der Waals surface area contributed by atoms with Crippen LogP contribution in [0.25, 0.3) is 0 Å². The minimum Gasteiger partial charge on any atom is -0.340 e. The number of hydrogen-bond donors (Lipinski definition) is 1. The van der Waals surface area contributed by atoms with E-state index in [1.807, 2.05) is 66.5 Å². The first-order chi connectivity index (χ1) is 12.1. The Morgan fingerprint density at radius 1 is 1.08 bits per heavy atom. The van der Waals surface area contributed by atoms with Crippen LogP contribution in [0.15, 0.2) is 71.3 Å².